The van der Waals surface area contributed by atoms with E-state index in [1.54, 1.807) is 4.90 Å². The standard InChI is InChI=1S/C30H20Br2N2O/c31-23-13-17-25(18-14-23)33-29(28-12-6-10-21-7-4-5-11-27(21)28)34(26-19-15-24(32)16-20-26)30(35)22-8-2-1-3-9-22/h1-20H. The molecule has 0 saturated carbocycles. The lowest BCUT2D eigenvalue weighted by atomic mass is 10.0. The van der Waals surface area contributed by atoms with E-state index in [0.29, 0.717) is 11.4 Å². The Balaban J connectivity index is 1.79. The molecule has 0 unspecified atom stereocenters. The zero-order valence-electron chi connectivity index (χ0n) is 18.6. The minimum absolute atomic E-state index is 0.156. The van der Waals surface area contributed by atoms with E-state index in [2.05, 4.69) is 50.1 Å². The van der Waals surface area contributed by atoms with Gasteiger partial charge in [0.2, 0.25) is 0 Å². The molecule has 1 amide bonds. The van der Waals surface area contributed by atoms with E-state index < -0.39 is 0 Å². The first-order valence-corrected chi connectivity index (χ1v) is 12.7. The Hall–Kier alpha value is -3.54. The van der Waals surface area contributed by atoms with Gasteiger partial charge in [-0.05, 0) is 71.4 Å². The normalized spacial score (nSPS) is 11.4. The van der Waals surface area contributed by atoms with E-state index >= 15 is 0 Å². The second kappa shape index (κ2) is 10.4. The lowest BCUT2D eigenvalue weighted by Crippen LogP contribution is -2.37. The van der Waals surface area contributed by atoms with Crippen LogP contribution in [0.5, 0.6) is 0 Å². The topological polar surface area (TPSA) is 32.7 Å². The maximum Gasteiger partial charge on any atom is 0.264 e. The third-order valence-corrected chi connectivity index (χ3v) is 6.67. The zero-order chi connectivity index (χ0) is 24.2. The van der Waals surface area contributed by atoms with Crippen molar-refractivity contribution >= 4 is 65.7 Å². The van der Waals surface area contributed by atoms with Crippen LogP contribution in [0.15, 0.2) is 135 Å². The van der Waals surface area contributed by atoms with Gasteiger partial charge in [0.15, 0.2) is 0 Å². The number of halogens is 2. The van der Waals surface area contributed by atoms with Crippen LogP contribution in [0, 0.1) is 0 Å². The van der Waals surface area contributed by atoms with Crippen molar-refractivity contribution in [3.05, 3.63) is 141 Å². The van der Waals surface area contributed by atoms with Crippen molar-refractivity contribution in [2.45, 2.75) is 0 Å². The monoisotopic (exact) mass is 582 g/mol. The van der Waals surface area contributed by atoms with Crippen LogP contribution in [-0.4, -0.2) is 11.7 Å². The van der Waals surface area contributed by atoms with Crippen LogP contribution in [0.3, 0.4) is 0 Å². The highest BCUT2D eigenvalue weighted by Gasteiger charge is 2.26. The lowest BCUT2D eigenvalue weighted by molar-refractivity contribution is 0.100. The van der Waals surface area contributed by atoms with Crippen molar-refractivity contribution in [2.75, 3.05) is 4.90 Å². The minimum atomic E-state index is -0.156. The number of aliphatic imine (C=N–C) groups is 1. The molecule has 0 spiro atoms. The van der Waals surface area contributed by atoms with E-state index in [4.69, 9.17) is 4.99 Å². The smallest absolute Gasteiger partial charge is 0.264 e. The zero-order valence-corrected chi connectivity index (χ0v) is 21.8. The summed E-state index contributed by atoms with van der Waals surface area (Å²) >= 11 is 7.01. The molecule has 35 heavy (non-hydrogen) atoms. The molecular weight excluding hydrogens is 564 g/mol. The molecule has 0 aliphatic heterocycles. The van der Waals surface area contributed by atoms with Gasteiger partial charge >= 0.3 is 0 Å². The summed E-state index contributed by atoms with van der Waals surface area (Å²) in [5, 5.41) is 2.10. The largest absolute Gasteiger partial charge is 0.268 e. The number of nitrogens with zero attached hydrogens (tertiary/aromatic N) is 2. The van der Waals surface area contributed by atoms with E-state index in [0.717, 1.165) is 36.7 Å². The van der Waals surface area contributed by atoms with Crippen LogP contribution in [-0.2, 0) is 0 Å². The van der Waals surface area contributed by atoms with Crippen molar-refractivity contribution in [2.24, 2.45) is 4.99 Å². The van der Waals surface area contributed by atoms with E-state index in [1.807, 2.05) is 103 Å². The Morgan fingerprint density at radius 3 is 1.94 bits per heavy atom. The second-order valence-corrected chi connectivity index (χ2v) is 9.75. The van der Waals surface area contributed by atoms with Crippen molar-refractivity contribution in [3.63, 3.8) is 0 Å². The summed E-state index contributed by atoms with van der Waals surface area (Å²) in [7, 11) is 0. The van der Waals surface area contributed by atoms with Crippen molar-refractivity contribution in [3.8, 4) is 0 Å². The Kier molecular flexibility index (Phi) is 6.89. The molecule has 0 N–H and O–H groups in total. The van der Waals surface area contributed by atoms with Gasteiger partial charge in [-0.3, -0.25) is 9.69 Å². The Morgan fingerprint density at radius 2 is 1.23 bits per heavy atom. The molecule has 0 heterocycles. The molecule has 5 heteroatoms. The number of carbonyl (C=O) groups is 1. The summed E-state index contributed by atoms with van der Waals surface area (Å²) in [5.41, 5.74) is 2.93. The number of hydrogen-bond donors (Lipinski definition) is 0. The SMILES string of the molecule is O=C(c1ccccc1)N(C(=Nc1ccc(Br)cc1)c1cccc2ccccc12)c1ccc(Br)cc1. The second-order valence-electron chi connectivity index (χ2n) is 7.92. The molecule has 5 aromatic carbocycles. The number of benzene rings is 5. The van der Waals surface area contributed by atoms with E-state index in [-0.39, 0.29) is 5.91 Å². The number of fused-ring (bicyclic) bond motifs is 1. The molecule has 0 aliphatic rings. The van der Waals surface area contributed by atoms with Gasteiger partial charge in [-0.1, -0.05) is 92.5 Å². The molecule has 5 rings (SSSR count). The first-order valence-electron chi connectivity index (χ1n) is 11.1. The third kappa shape index (κ3) is 5.11. The fourth-order valence-electron chi connectivity index (χ4n) is 3.92. The number of hydrogen-bond acceptors (Lipinski definition) is 2. The fraction of sp³-hybridized carbons (Fsp3) is 0. The van der Waals surface area contributed by atoms with Crippen molar-refractivity contribution in [1.29, 1.82) is 0 Å². The maximum absolute atomic E-state index is 14.1. The number of amidine groups is 1. The van der Waals surface area contributed by atoms with Crippen LogP contribution >= 0.6 is 31.9 Å². The maximum atomic E-state index is 14.1. The van der Waals surface area contributed by atoms with Gasteiger partial charge < -0.3 is 0 Å². The van der Waals surface area contributed by atoms with Gasteiger partial charge in [0.05, 0.1) is 11.4 Å². The number of anilines is 1. The molecular formula is C30H20Br2N2O. The summed E-state index contributed by atoms with van der Waals surface area (Å²) < 4.78 is 1.90. The Morgan fingerprint density at radius 1 is 0.629 bits per heavy atom. The molecule has 0 saturated heterocycles. The third-order valence-electron chi connectivity index (χ3n) is 5.61. The molecule has 0 fully saturated rings. The van der Waals surface area contributed by atoms with Gasteiger partial charge in [0.25, 0.3) is 5.91 Å². The van der Waals surface area contributed by atoms with Crippen LogP contribution in [0.4, 0.5) is 11.4 Å². The van der Waals surface area contributed by atoms with Gasteiger partial charge in [0.1, 0.15) is 5.84 Å². The highest BCUT2D eigenvalue weighted by molar-refractivity contribution is 9.10. The summed E-state index contributed by atoms with van der Waals surface area (Å²) in [4.78, 5) is 20.8. The number of rotatable bonds is 4. The lowest BCUT2D eigenvalue weighted by Gasteiger charge is -2.26. The van der Waals surface area contributed by atoms with Crippen LogP contribution < -0.4 is 4.90 Å². The summed E-state index contributed by atoms with van der Waals surface area (Å²) in [6.45, 7) is 0. The van der Waals surface area contributed by atoms with Gasteiger partial charge in [-0.25, -0.2) is 4.99 Å². The number of carbonyl (C=O) groups excluding carboxylic acids is 1. The van der Waals surface area contributed by atoms with Crippen LogP contribution in [0.2, 0.25) is 0 Å². The molecule has 0 aromatic heterocycles. The summed E-state index contributed by atoms with van der Waals surface area (Å²) in [6, 6.07) is 39.0. The number of amides is 1. The van der Waals surface area contributed by atoms with E-state index in [1.165, 1.54) is 0 Å². The van der Waals surface area contributed by atoms with Gasteiger partial charge in [-0.2, -0.15) is 0 Å². The molecule has 170 valence electrons. The highest BCUT2D eigenvalue weighted by atomic mass is 79.9. The first-order chi connectivity index (χ1) is 17.1. The van der Waals surface area contributed by atoms with Gasteiger partial charge in [0, 0.05) is 20.1 Å². The van der Waals surface area contributed by atoms with Crippen molar-refractivity contribution < 1.29 is 4.79 Å². The first kappa shape index (κ1) is 23.2. The van der Waals surface area contributed by atoms with Gasteiger partial charge in [-0.15, -0.1) is 0 Å². The highest BCUT2D eigenvalue weighted by Crippen LogP contribution is 2.29. The molecule has 5 aromatic rings. The molecule has 3 nitrogen and oxygen atoms in total. The summed E-state index contributed by atoms with van der Waals surface area (Å²) in [5.74, 6) is 0.400. The fourth-order valence-corrected chi connectivity index (χ4v) is 4.45. The van der Waals surface area contributed by atoms with Crippen LogP contribution in [0.1, 0.15) is 15.9 Å². The quantitative estimate of drug-likeness (QED) is 0.154. The molecule has 0 atom stereocenters. The predicted octanol–water partition coefficient (Wildman–Crippen LogP) is 8.79. The average molecular weight is 584 g/mol. The van der Waals surface area contributed by atoms with E-state index in [9.17, 15) is 4.79 Å². The predicted molar refractivity (Wildman–Crippen MR) is 152 cm³/mol. The summed E-state index contributed by atoms with van der Waals surface area (Å²) in [6.07, 6.45) is 0. The Labute approximate surface area is 221 Å². The molecule has 0 radical (unpaired) electrons. The average Bonchev–Trinajstić information content (AvgIpc) is 2.90. The Bertz CT molecular complexity index is 1510. The van der Waals surface area contributed by atoms with Crippen molar-refractivity contribution in [1.82, 2.24) is 0 Å². The van der Waals surface area contributed by atoms with Crippen LogP contribution in [0.25, 0.3) is 10.8 Å². The molecule has 0 bridgehead atoms. The minimum Gasteiger partial charge on any atom is -0.268 e. The molecule has 0 aliphatic carbocycles.